The van der Waals surface area contributed by atoms with E-state index in [-0.39, 0.29) is 5.91 Å². The number of carbonyl (C=O) groups is 1. The maximum absolute atomic E-state index is 12.6. The van der Waals surface area contributed by atoms with Gasteiger partial charge < -0.3 is 5.32 Å². The highest BCUT2D eigenvalue weighted by Gasteiger charge is 2.14. The average molecular weight is 315 g/mol. The minimum absolute atomic E-state index is 0.249. The molecule has 0 fully saturated rings. The summed E-state index contributed by atoms with van der Waals surface area (Å²) in [4.78, 5) is 21.1. The van der Waals surface area contributed by atoms with Crippen molar-refractivity contribution in [2.75, 3.05) is 5.32 Å². The van der Waals surface area contributed by atoms with Gasteiger partial charge in [-0.25, -0.2) is 9.50 Å². The smallest absolute Gasteiger partial charge is 0.259 e. The van der Waals surface area contributed by atoms with E-state index in [1.807, 2.05) is 36.5 Å². The predicted octanol–water partition coefficient (Wildman–Crippen LogP) is 3.04. The average Bonchev–Trinajstić information content (AvgIpc) is 3.07. The van der Waals surface area contributed by atoms with E-state index in [0.717, 1.165) is 11.3 Å². The molecule has 1 amide bonds. The van der Waals surface area contributed by atoms with Crippen LogP contribution in [0.4, 0.5) is 5.69 Å². The van der Waals surface area contributed by atoms with Crippen LogP contribution in [0.3, 0.4) is 0 Å². The lowest BCUT2D eigenvalue weighted by atomic mass is 10.2. The summed E-state index contributed by atoms with van der Waals surface area (Å²) in [7, 11) is 0. The monoisotopic (exact) mass is 315 g/mol. The first-order chi connectivity index (χ1) is 11.8. The molecular formula is C18H13N5O. The summed E-state index contributed by atoms with van der Waals surface area (Å²) in [6.07, 6.45) is 6.64. The number of rotatable bonds is 3. The molecule has 0 atom stereocenters. The zero-order chi connectivity index (χ0) is 16.4. The Bertz CT molecular complexity index is 996. The van der Waals surface area contributed by atoms with Crippen molar-refractivity contribution in [3.63, 3.8) is 0 Å². The quantitative estimate of drug-likeness (QED) is 0.631. The maximum atomic E-state index is 12.6. The molecule has 3 heterocycles. The van der Waals surface area contributed by atoms with E-state index < -0.39 is 0 Å². The molecule has 0 radical (unpaired) electrons. The van der Waals surface area contributed by atoms with Gasteiger partial charge in [0.25, 0.3) is 5.91 Å². The number of aromatic nitrogens is 4. The molecule has 116 valence electrons. The molecule has 4 aromatic rings. The van der Waals surface area contributed by atoms with Gasteiger partial charge in [0.15, 0.2) is 5.65 Å². The largest absolute Gasteiger partial charge is 0.320 e. The van der Waals surface area contributed by atoms with Gasteiger partial charge in [-0.1, -0.05) is 30.3 Å². The van der Waals surface area contributed by atoms with Crippen molar-refractivity contribution >= 4 is 17.2 Å². The normalized spacial score (nSPS) is 10.7. The Labute approximate surface area is 137 Å². The molecule has 0 aliphatic rings. The fourth-order valence-corrected chi connectivity index (χ4v) is 2.46. The molecule has 0 aliphatic carbocycles. The minimum atomic E-state index is -0.249. The lowest BCUT2D eigenvalue weighted by Crippen LogP contribution is -2.14. The summed E-state index contributed by atoms with van der Waals surface area (Å²) in [6, 6.07) is 15.0. The van der Waals surface area contributed by atoms with E-state index in [2.05, 4.69) is 20.4 Å². The van der Waals surface area contributed by atoms with Gasteiger partial charge in [-0.15, -0.1) is 0 Å². The van der Waals surface area contributed by atoms with Crippen LogP contribution in [0.15, 0.2) is 73.3 Å². The molecule has 24 heavy (non-hydrogen) atoms. The molecule has 0 spiro atoms. The van der Waals surface area contributed by atoms with Crippen LogP contribution < -0.4 is 5.32 Å². The van der Waals surface area contributed by atoms with Crippen LogP contribution in [0.5, 0.6) is 0 Å². The first kappa shape index (κ1) is 14.1. The number of nitrogens with zero attached hydrogens (tertiary/aromatic N) is 4. The second kappa shape index (κ2) is 5.92. The lowest BCUT2D eigenvalue weighted by Gasteiger charge is -2.05. The second-order valence-electron chi connectivity index (χ2n) is 5.20. The first-order valence-electron chi connectivity index (χ1n) is 7.42. The standard InChI is InChI=1S/C18H13N5O/c24-18(21-14-7-4-9-19-11-14)15-8-10-20-23-12-16(22-17(15)23)13-5-2-1-3-6-13/h1-12H,(H,21,24). The number of nitrogens with one attached hydrogen (secondary N) is 1. The molecule has 1 N–H and O–H groups in total. The number of hydrogen-bond acceptors (Lipinski definition) is 4. The number of benzene rings is 1. The van der Waals surface area contributed by atoms with Gasteiger partial charge in [0.1, 0.15) is 0 Å². The third kappa shape index (κ3) is 2.61. The predicted molar refractivity (Wildman–Crippen MR) is 90.6 cm³/mol. The number of fused-ring (bicyclic) bond motifs is 1. The highest BCUT2D eigenvalue weighted by atomic mass is 16.1. The Balaban J connectivity index is 1.73. The van der Waals surface area contributed by atoms with Crippen LogP contribution >= 0.6 is 0 Å². The van der Waals surface area contributed by atoms with E-state index in [9.17, 15) is 4.79 Å². The Morgan fingerprint density at radius 2 is 1.88 bits per heavy atom. The van der Waals surface area contributed by atoms with Crippen molar-refractivity contribution < 1.29 is 4.79 Å². The van der Waals surface area contributed by atoms with E-state index in [1.165, 1.54) is 0 Å². The molecule has 3 aromatic heterocycles. The number of pyridine rings is 1. The van der Waals surface area contributed by atoms with Crippen LogP contribution in [-0.2, 0) is 0 Å². The Kier molecular flexibility index (Phi) is 3.47. The highest BCUT2D eigenvalue weighted by Crippen LogP contribution is 2.20. The van der Waals surface area contributed by atoms with Crippen molar-refractivity contribution in [3.8, 4) is 11.3 Å². The number of anilines is 1. The van der Waals surface area contributed by atoms with Gasteiger partial charge in [-0.3, -0.25) is 9.78 Å². The topological polar surface area (TPSA) is 72.2 Å². The molecule has 0 unspecified atom stereocenters. The van der Waals surface area contributed by atoms with E-state index in [1.54, 1.807) is 41.3 Å². The Morgan fingerprint density at radius 3 is 2.67 bits per heavy atom. The molecule has 6 heteroatoms. The van der Waals surface area contributed by atoms with Gasteiger partial charge in [-0.2, -0.15) is 5.10 Å². The van der Waals surface area contributed by atoms with Crippen LogP contribution in [0, 0.1) is 0 Å². The van der Waals surface area contributed by atoms with Crippen LogP contribution in [0.25, 0.3) is 16.9 Å². The lowest BCUT2D eigenvalue weighted by molar-refractivity contribution is 0.102. The van der Waals surface area contributed by atoms with Gasteiger partial charge in [0.05, 0.1) is 29.3 Å². The van der Waals surface area contributed by atoms with Gasteiger partial charge in [0.2, 0.25) is 0 Å². The first-order valence-corrected chi connectivity index (χ1v) is 7.42. The summed E-state index contributed by atoms with van der Waals surface area (Å²) >= 11 is 0. The number of hydrogen-bond donors (Lipinski definition) is 1. The highest BCUT2D eigenvalue weighted by molar-refractivity contribution is 6.08. The second-order valence-corrected chi connectivity index (χ2v) is 5.20. The molecular weight excluding hydrogens is 302 g/mol. The third-order valence-electron chi connectivity index (χ3n) is 3.59. The SMILES string of the molecule is O=C(Nc1cccnc1)c1ccnn2cc(-c3ccccc3)nc12. The zero-order valence-electron chi connectivity index (χ0n) is 12.6. The summed E-state index contributed by atoms with van der Waals surface area (Å²) in [5, 5.41) is 7.06. The number of imidazole rings is 1. The molecule has 4 rings (SSSR count). The van der Waals surface area contributed by atoms with Gasteiger partial charge >= 0.3 is 0 Å². The van der Waals surface area contributed by atoms with E-state index >= 15 is 0 Å². The fourth-order valence-electron chi connectivity index (χ4n) is 2.46. The van der Waals surface area contributed by atoms with Crippen molar-refractivity contribution in [3.05, 3.63) is 78.9 Å². The van der Waals surface area contributed by atoms with E-state index in [4.69, 9.17) is 0 Å². The molecule has 0 saturated heterocycles. The third-order valence-corrected chi connectivity index (χ3v) is 3.59. The molecule has 0 bridgehead atoms. The maximum Gasteiger partial charge on any atom is 0.259 e. The minimum Gasteiger partial charge on any atom is -0.320 e. The van der Waals surface area contributed by atoms with Crippen LogP contribution in [-0.4, -0.2) is 25.5 Å². The van der Waals surface area contributed by atoms with Crippen LogP contribution in [0.2, 0.25) is 0 Å². The molecule has 0 saturated carbocycles. The summed E-state index contributed by atoms with van der Waals surface area (Å²) in [6.45, 7) is 0. The van der Waals surface area contributed by atoms with Crippen molar-refractivity contribution in [1.29, 1.82) is 0 Å². The Hall–Kier alpha value is -3.54. The summed E-state index contributed by atoms with van der Waals surface area (Å²) < 4.78 is 1.61. The Morgan fingerprint density at radius 1 is 1.00 bits per heavy atom. The van der Waals surface area contributed by atoms with Crippen LogP contribution in [0.1, 0.15) is 10.4 Å². The molecule has 6 nitrogen and oxygen atoms in total. The zero-order valence-corrected chi connectivity index (χ0v) is 12.6. The van der Waals surface area contributed by atoms with Gasteiger partial charge in [-0.05, 0) is 18.2 Å². The number of amides is 1. The molecule has 0 aliphatic heterocycles. The molecule has 1 aromatic carbocycles. The van der Waals surface area contributed by atoms with Gasteiger partial charge in [0, 0.05) is 18.0 Å². The fraction of sp³-hybridized carbons (Fsp3) is 0. The number of carbonyl (C=O) groups excluding carboxylic acids is 1. The van der Waals surface area contributed by atoms with Crippen molar-refractivity contribution in [2.24, 2.45) is 0 Å². The van der Waals surface area contributed by atoms with E-state index in [0.29, 0.717) is 16.9 Å². The summed E-state index contributed by atoms with van der Waals surface area (Å²) in [5.74, 6) is -0.249. The van der Waals surface area contributed by atoms with Crippen molar-refractivity contribution in [2.45, 2.75) is 0 Å². The summed E-state index contributed by atoms with van der Waals surface area (Å²) in [5.41, 5.74) is 3.34. The van der Waals surface area contributed by atoms with Crippen molar-refractivity contribution in [1.82, 2.24) is 19.6 Å².